The molecule has 2 amide bonds. The molecule has 1 rings (SSSR count). The number of hydrogen-bond acceptors (Lipinski definition) is 3. The summed E-state index contributed by atoms with van der Waals surface area (Å²) < 4.78 is 0. The fourth-order valence-electron chi connectivity index (χ4n) is 1.76. The smallest absolute Gasteiger partial charge is 0.317 e. The normalized spacial score (nSPS) is 10.3. The van der Waals surface area contributed by atoms with Crippen LogP contribution in [0, 0.1) is 6.92 Å². The van der Waals surface area contributed by atoms with E-state index in [1.165, 1.54) is 0 Å². The van der Waals surface area contributed by atoms with Gasteiger partial charge in [0.15, 0.2) is 0 Å². The van der Waals surface area contributed by atoms with Crippen molar-refractivity contribution in [1.29, 1.82) is 0 Å². The lowest BCUT2D eigenvalue weighted by atomic mass is 10.2. The fourth-order valence-corrected chi connectivity index (χ4v) is 1.76. The summed E-state index contributed by atoms with van der Waals surface area (Å²) in [6.45, 7) is 5.49. The number of amides is 2. The van der Waals surface area contributed by atoms with Crippen LogP contribution in [0.3, 0.4) is 0 Å². The van der Waals surface area contributed by atoms with E-state index in [0.29, 0.717) is 19.6 Å². The maximum atomic E-state index is 12.0. The predicted molar refractivity (Wildman–Crippen MR) is 74.8 cm³/mol. The molecule has 0 saturated heterocycles. The molecular formula is C14H23N3O2. The van der Waals surface area contributed by atoms with E-state index >= 15 is 0 Å². The van der Waals surface area contributed by atoms with Crippen LogP contribution in [0.2, 0.25) is 0 Å². The molecule has 0 radical (unpaired) electrons. The number of pyridine rings is 1. The average molecular weight is 265 g/mol. The van der Waals surface area contributed by atoms with Crippen molar-refractivity contribution in [3.63, 3.8) is 0 Å². The van der Waals surface area contributed by atoms with Crippen LogP contribution >= 0.6 is 0 Å². The summed E-state index contributed by atoms with van der Waals surface area (Å²) in [7, 11) is 0. The van der Waals surface area contributed by atoms with Crippen LogP contribution in [0.4, 0.5) is 4.79 Å². The molecule has 5 heteroatoms. The van der Waals surface area contributed by atoms with Crippen molar-refractivity contribution in [3.05, 3.63) is 29.6 Å². The second-order valence-corrected chi connectivity index (χ2v) is 4.49. The molecular weight excluding hydrogens is 242 g/mol. The molecule has 0 atom stereocenters. The number of urea groups is 1. The maximum Gasteiger partial charge on any atom is 0.317 e. The van der Waals surface area contributed by atoms with Crippen LogP contribution in [-0.2, 0) is 6.54 Å². The Morgan fingerprint density at radius 1 is 1.47 bits per heavy atom. The number of hydrogen-bond donors (Lipinski definition) is 2. The van der Waals surface area contributed by atoms with E-state index in [4.69, 9.17) is 5.11 Å². The largest absolute Gasteiger partial charge is 0.395 e. The van der Waals surface area contributed by atoms with Crippen molar-refractivity contribution >= 4 is 6.03 Å². The lowest BCUT2D eigenvalue weighted by Crippen LogP contribution is -2.41. The number of aromatic nitrogens is 1. The minimum atomic E-state index is -0.146. The molecule has 0 spiro atoms. The van der Waals surface area contributed by atoms with Gasteiger partial charge >= 0.3 is 6.03 Å². The highest BCUT2D eigenvalue weighted by molar-refractivity contribution is 5.74. The van der Waals surface area contributed by atoms with Crippen LogP contribution in [0.25, 0.3) is 0 Å². The number of rotatable bonds is 7. The van der Waals surface area contributed by atoms with Crippen molar-refractivity contribution in [3.8, 4) is 0 Å². The number of aryl methyl sites for hydroxylation is 1. The first-order valence-corrected chi connectivity index (χ1v) is 6.73. The number of aliphatic hydroxyl groups excluding tert-OH is 1. The lowest BCUT2D eigenvalue weighted by Gasteiger charge is -2.22. The number of carbonyl (C=O) groups excluding carboxylic acids is 1. The van der Waals surface area contributed by atoms with E-state index in [-0.39, 0.29) is 12.6 Å². The van der Waals surface area contributed by atoms with Gasteiger partial charge in [-0.2, -0.15) is 0 Å². The van der Waals surface area contributed by atoms with Gasteiger partial charge in [0.1, 0.15) is 0 Å². The maximum absolute atomic E-state index is 12.0. The second-order valence-electron chi connectivity index (χ2n) is 4.49. The van der Waals surface area contributed by atoms with Crippen LogP contribution in [-0.4, -0.2) is 40.7 Å². The van der Waals surface area contributed by atoms with Crippen LogP contribution in [0.5, 0.6) is 0 Å². The standard InChI is InChI=1S/C14H23N3O2/c1-3-4-8-17(9-10-18)14(19)16-11-13-12(2)6-5-7-15-13/h5-7,18H,3-4,8-11H2,1-2H3,(H,16,19). The quantitative estimate of drug-likeness (QED) is 0.788. The van der Waals surface area contributed by atoms with Crippen molar-refractivity contribution in [2.75, 3.05) is 19.7 Å². The van der Waals surface area contributed by atoms with Gasteiger partial charge in [-0.3, -0.25) is 4.98 Å². The van der Waals surface area contributed by atoms with Gasteiger partial charge in [0.25, 0.3) is 0 Å². The average Bonchev–Trinajstić information content (AvgIpc) is 2.42. The molecule has 1 heterocycles. The summed E-state index contributed by atoms with van der Waals surface area (Å²) in [5, 5.41) is 11.8. The van der Waals surface area contributed by atoms with E-state index in [2.05, 4.69) is 17.2 Å². The molecule has 0 aliphatic heterocycles. The minimum absolute atomic E-state index is 0.0141. The van der Waals surface area contributed by atoms with Gasteiger partial charge in [0, 0.05) is 19.3 Å². The van der Waals surface area contributed by atoms with Gasteiger partial charge in [-0.1, -0.05) is 19.4 Å². The summed E-state index contributed by atoms with van der Waals surface area (Å²) in [6.07, 6.45) is 3.68. The van der Waals surface area contributed by atoms with Gasteiger partial charge in [-0.25, -0.2) is 4.79 Å². The van der Waals surface area contributed by atoms with E-state index in [9.17, 15) is 4.79 Å². The van der Waals surface area contributed by atoms with Gasteiger partial charge in [0.2, 0.25) is 0 Å². The second kappa shape index (κ2) is 8.48. The van der Waals surface area contributed by atoms with Crippen molar-refractivity contribution in [2.24, 2.45) is 0 Å². The summed E-state index contributed by atoms with van der Waals surface area (Å²) in [5.74, 6) is 0. The first-order chi connectivity index (χ1) is 9.19. The third-order valence-corrected chi connectivity index (χ3v) is 2.96. The highest BCUT2D eigenvalue weighted by atomic mass is 16.3. The van der Waals surface area contributed by atoms with Gasteiger partial charge < -0.3 is 15.3 Å². The van der Waals surface area contributed by atoms with Crippen LogP contribution in [0.1, 0.15) is 31.0 Å². The molecule has 0 saturated carbocycles. The Morgan fingerprint density at radius 2 is 2.26 bits per heavy atom. The summed E-state index contributed by atoms with van der Waals surface area (Å²) >= 11 is 0. The molecule has 0 aliphatic rings. The Kier molecular flexibility index (Phi) is 6.89. The SMILES string of the molecule is CCCCN(CCO)C(=O)NCc1ncccc1C. The number of carbonyl (C=O) groups is 1. The van der Waals surface area contributed by atoms with Crippen LogP contribution < -0.4 is 5.32 Å². The van der Waals surface area contributed by atoms with E-state index < -0.39 is 0 Å². The molecule has 0 unspecified atom stereocenters. The summed E-state index contributed by atoms with van der Waals surface area (Å²) in [6, 6.07) is 3.70. The molecule has 0 aromatic carbocycles. The molecule has 2 N–H and O–H groups in total. The van der Waals surface area contributed by atoms with E-state index in [0.717, 1.165) is 24.1 Å². The fraction of sp³-hybridized carbons (Fsp3) is 0.571. The molecule has 1 aromatic rings. The summed E-state index contributed by atoms with van der Waals surface area (Å²) in [4.78, 5) is 17.9. The van der Waals surface area contributed by atoms with Crippen molar-refractivity contribution in [2.45, 2.75) is 33.2 Å². The monoisotopic (exact) mass is 265 g/mol. The zero-order valence-corrected chi connectivity index (χ0v) is 11.7. The highest BCUT2D eigenvalue weighted by Gasteiger charge is 2.12. The number of nitrogens with one attached hydrogen (secondary N) is 1. The minimum Gasteiger partial charge on any atom is -0.395 e. The molecule has 0 fully saturated rings. The third kappa shape index (κ3) is 5.26. The first kappa shape index (κ1) is 15.4. The van der Waals surface area contributed by atoms with Crippen molar-refractivity contribution < 1.29 is 9.90 Å². The van der Waals surface area contributed by atoms with Gasteiger partial charge in [-0.15, -0.1) is 0 Å². The molecule has 19 heavy (non-hydrogen) atoms. The molecule has 1 aromatic heterocycles. The zero-order valence-electron chi connectivity index (χ0n) is 11.7. The van der Waals surface area contributed by atoms with E-state index in [1.807, 2.05) is 19.1 Å². The molecule has 0 aliphatic carbocycles. The lowest BCUT2D eigenvalue weighted by molar-refractivity contribution is 0.176. The topological polar surface area (TPSA) is 65.5 Å². The van der Waals surface area contributed by atoms with Gasteiger partial charge in [-0.05, 0) is 25.0 Å². The summed E-state index contributed by atoms with van der Waals surface area (Å²) in [5.41, 5.74) is 1.93. The first-order valence-electron chi connectivity index (χ1n) is 6.73. The third-order valence-electron chi connectivity index (χ3n) is 2.96. The predicted octanol–water partition coefficient (Wildman–Crippen LogP) is 1.69. The van der Waals surface area contributed by atoms with Crippen molar-refractivity contribution in [1.82, 2.24) is 15.2 Å². The van der Waals surface area contributed by atoms with Crippen LogP contribution in [0.15, 0.2) is 18.3 Å². The Bertz CT molecular complexity index is 396. The molecule has 0 bridgehead atoms. The molecule has 5 nitrogen and oxygen atoms in total. The highest BCUT2D eigenvalue weighted by Crippen LogP contribution is 2.03. The van der Waals surface area contributed by atoms with Gasteiger partial charge in [0.05, 0.1) is 18.8 Å². The Balaban J connectivity index is 2.50. The zero-order chi connectivity index (χ0) is 14.1. The number of nitrogens with zero attached hydrogens (tertiary/aromatic N) is 2. The molecule has 106 valence electrons. The number of unbranched alkanes of at least 4 members (excludes halogenated alkanes) is 1. The Hall–Kier alpha value is -1.62. The van der Waals surface area contributed by atoms with E-state index in [1.54, 1.807) is 11.1 Å². The Labute approximate surface area is 114 Å². The Morgan fingerprint density at radius 3 is 2.89 bits per heavy atom. The number of aliphatic hydroxyl groups is 1.